The first kappa shape index (κ1) is 18.8. The Balaban J connectivity index is 1.73. The summed E-state index contributed by atoms with van der Waals surface area (Å²) in [5, 5.41) is 23.5. The largest absolute Gasteiger partial charge is 0.508 e. The zero-order valence-corrected chi connectivity index (χ0v) is 17.6. The summed E-state index contributed by atoms with van der Waals surface area (Å²) in [6, 6.07) is 12.6. The number of hydrogen-bond donors (Lipinski definition) is 3. The number of rotatable bonds is 2. The van der Waals surface area contributed by atoms with Crippen molar-refractivity contribution < 1.29 is 15.0 Å². The molecule has 3 aliphatic rings. The molecule has 1 saturated heterocycles. The average Bonchev–Trinajstić information content (AvgIpc) is 3.22. The molecule has 2 aromatic rings. The molecule has 2 aliphatic carbocycles. The molecule has 1 amide bonds. The first-order valence-corrected chi connectivity index (χ1v) is 10.7. The molecule has 7 atom stereocenters. The van der Waals surface area contributed by atoms with E-state index in [2.05, 4.69) is 26.1 Å². The topological polar surface area (TPSA) is 69.6 Å². The van der Waals surface area contributed by atoms with Gasteiger partial charge in [0.2, 0.25) is 5.91 Å². The lowest BCUT2D eigenvalue weighted by Crippen LogP contribution is -2.47. The molecule has 5 heteroatoms. The smallest absolute Gasteiger partial charge is 0.227 e. The number of aromatic hydroxyl groups is 2. The minimum Gasteiger partial charge on any atom is -0.508 e. The van der Waals surface area contributed by atoms with Crippen molar-refractivity contribution in [2.45, 2.75) is 45.1 Å². The van der Waals surface area contributed by atoms with Crippen LogP contribution in [0.2, 0.25) is 5.02 Å². The van der Waals surface area contributed by atoms with E-state index >= 15 is 0 Å². The maximum Gasteiger partial charge on any atom is 0.227 e. The molecule has 4 nitrogen and oxygen atoms in total. The van der Waals surface area contributed by atoms with E-state index in [-0.39, 0.29) is 46.1 Å². The highest BCUT2D eigenvalue weighted by Crippen LogP contribution is 2.81. The third-order valence-corrected chi connectivity index (χ3v) is 8.83. The lowest BCUT2D eigenvalue weighted by Gasteiger charge is -2.49. The zero-order valence-electron chi connectivity index (χ0n) is 16.8. The molecule has 0 radical (unpaired) electrons. The van der Waals surface area contributed by atoms with Crippen molar-refractivity contribution in [1.82, 2.24) is 5.32 Å². The van der Waals surface area contributed by atoms with Crippen LogP contribution in [0.15, 0.2) is 42.5 Å². The molecule has 1 aliphatic heterocycles. The van der Waals surface area contributed by atoms with Gasteiger partial charge in [-0.05, 0) is 72.4 Å². The van der Waals surface area contributed by atoms with Gasteiger partial charge in [-0.3, -0.25) is 4.79 Å². The standard InChI is InChI=1S/C24H26ClNO3/c1-12-19-11-18(17-9-8-16(28)10-20(17)25)21(14-4-6-15(27)7-5-14)23(3)13(2)26-22(29)24(12,19)23/h4-10,12-13,18-19,21,27-28H,11H2,1-3H3,(H,26,29)/t12?,13-,18+,19?,21?,23+,24+/m1/s1. The van der Waals surface area contributed by atoms with Crippen molar-refractivity contribution in [2.75, 3.05) is 0 Å². The highest BCUT2D eigenvalue weighted by atomic mass is 35.5. The molecule has 1 spiro atoms. The molecule has 5 rings (SSSR count). The fourth-order valence-corrected chi connectivity index (χ4v) is 7.43. The van der Waals surface area contributed by atoms with Crippen LogP contribution in [0.3, 0.4) is 0 Å². The second-order valence-electron chi connectivity index (χ2n) is 9.36. The van der Waals surface area contributed by atoms with Crippen LogP contribution in [-0.2, 0) is 4.79 Å². The van der Waals surface area contributed by atoms with Gasteiger partial charge in [-0.1, -0.05) is 43.6 Å². The summed E-state index contributed by atoms with van der Waals surface area (Å²) in [6.07, 6.45) is 0.882. The summed E-state index contributed by atoms with van der Waals surface area (Å²) >= 11 is 6.61. The first-order valence-electron chi connectivity index (χ1n) is 10.3. The zero-order chi connectivity index (χ0) is 20.7. The van der Waals surface area contributed by atoms with Crippen molar-refractivity contribution >= 4 is 17.5 Å². The van der Waals surface area contributed by atoms with Crippen molar-refractivity contribution in [2.24, 2.45) is 22.7 Å². The van der Waals surface area contributed by atoms with Crippen LogP contribution in [-0.4, -0.2) is 22.2 Å². The normalized spacial score (nSPS) is 40.1. The maximum absolute atomic E-state index is 13.2. The Bertz CT molecular complexity index is 1010. The highest BCUT2D eigenvalue weighted by Gasteiger charge is 2.83. The summed E-state index contributed by atoms with van der Waals surface area (Å²) in [5.74, 6) is 1.39. The van der Waals surface area contributed by atoms with Crippen LogP contribution in [0.4, 0.5) is 0 Å². The molecule has 152 valence electrons. The van der Waals surface area contributed by atoms with Crippen LogP contribution in [0, 0.1) is 22.7 Å². The first-order chi connectivity index (χ1) is 13.7. The Hall–Kier alpha value is -2.20. The maximum atomic E-state index is 13.2. The fraction of sp³-hybridized carbons (Fsp3) is 0.458. The number of carbonyl (C=O) groups is 1. The summed E-state index contributed by atoms with van der Waals surface area (Å²) in [4.78, 5) is 13.2. The number of hydrogen-bond acceptors (Lipinski definition) is 3. The Morgan fingerprint density at radius 1 is 1.07 bits per heavy atom. The molecule has 1 heterocycles. The summed E-state index contributed by atoms with van der Waals surface area (Å²) in [6.45, 7) is 6.57. The Morgan fingerprint density at radius 2 is 1.72 bits per heavy atom. The van der Waals surface area contributed by atoms with Gasteiger partial charge in [-0.25, -0.2) is 0 Å². The van der Waals surface area contributed by atoms with E-state index in [1.54, 1.807) is 24.3 Å². The molecular formula is C24H26ClNO3. The van der Waals surface area contributed by atoms with Crippen LogP contribution in [0.5, 0.6) is 11.5 Å². The molecular weight excluding hydrogens is 386 g/mol. The molecule has 0 bridgehead atoms. The highest BCUT2D eigenvalue weighted by molar-refractivity contribution is 6.31. The minimum absolute atomic E-state index is 0.0277. The average molecular weight is 412 g/mol. The molecule has 3 N–H and O–H groups in total. The van der Waals surface area contributed by atoms with Gasteiger partial charge in [0.05, 0.1) is 5.41 Å². The van der Waals surface area contributed by atoms with E-state index in [1.165, 1.54) is 0 Å². The van der Waals surface area contributed by atoms with Gasteiger partial charge in [0.15, 0.2) is 0 Å². The van der Waals surface area contributed by atoms with E-state index in [0.29, 0.717) is 16.9 Å². The molecule has 29 heavy (non-hydrogen) atoms. The van der Waals surface area contributed by atoms with Crippen molar-refractivity contribution in [3.8, 4) is 11.5 Å². The Morgan fingerprint density at radius 3 is 2.38 bits per heavy atom. The van der Waals surface area contributed by atoms with Crippen LogP contribution < -0.4 is 5.32 Å². The lowest BCUT2D eigenvalue weighted by atomic mass is 9.52. The molecule has 3 unspecified atom stereocenters. The van der Waals surface area contributed by atoms with Crippen molar-refractivity contribution in [3.05, 3.63) is 58.6 Å². The molecule has 2 aromatic carbocycles. The quantitative estimate of drug-likeness (QED) is 0.664. The lowest BCUT2D eigenvalue weighted by molar-refractivity contribution is -0.127. The number of amides is 1. The third kappa shape index (κ3) is 2.18. The van der Waals surface area contributed by atoms with Gasteiger partial charge in [0.1, 0.15) is 11.5 Å². The van der Waals surface area contributed by atoms with Crippen molar-refractivity contribution in [3.63, 3.8) is 0 Å². The fourth-order valence-electron chi connectivity index (χ4n) is 7.11. The molecule has 3 fully saturated rings. The van der Waals surface area contributed by atoms with Gasteiger partial charge >= 0.3 is 0 Å². The van der Waals surface area contributed by atoms with Crippen molar-refractivity contribution in [1.29, 1.82) is 0 Å². The molecule has 2 saturated carbocycles. The molecule has 0 aromatic heterocycles. The number of benzene rings is 2. The summed E-state index contributed by atoms with van der Waals surface area (Å²) in [7, 11) is 0. The van der Waals surface area contributed by atoms with Crippen LogP contribution in [0.25, 0.3) is 0 Å². The monoisotopic (exact) mass is 411 g/mol. The van der Waals surface area contributed by atoms with Gasteiger partial charge in [-0.2, -0.15) is 0 Å². The second kappa shape index (κ2) is 5.91. The minimum atomic E-state index is -0.352. The van der Waals surface area contributed by atoms with E-state index in [1.807, 2.05) is 18.2 Å². The SMILES string of the molecule is CC1C2C[C@@H](c3ccc(O)cc3Cl)C(c3ccc(O)cc3)[C@]3(C)[C@@H](C)NC(=O)[C@]123. The van der Waals surface area contributed by atoms with Crippen LogP contribution in [0.1, 0.15) is 50.2 Å². The Kier molecular flexibility index (Phi) is 3.83. The Labute approximate surface area is 175 Å². The van der Waals surface area contributed by atoms with Gasteiger partial charge in [-0.15, -0.1) is 0 Å². The van der Waals surface area contributed by atoms with Gasteiger partial charge in [0, 0.05) is 16.5 Å². The van der Waals surface area contributed by atoms with Gasteiger partial charge < -0.3 is 15.5 Å². The summed E-state index contributed by atoms with van der Waals surface area (Å²) < 4.78 is 0. The number of halogens is 1. The van der Waals surface area contributed by atoms with E-state index in [0.717, 1.165) is 17.5 Å². The number of phenolic OH excluding ortho intramolecular Hbond substituents is 2. The van der Waals surface area contributed by atoms with E-state index in [9.17, 15) is 15.0 Å². The van der Waals surface area contributed by atoms with Gasteiger partial charge in [0.25, 0.3) is 0 Å². The van der Waals surface area contributed by atoms with Crippen LogP contribution >= 0.6 is 11.6 Å². The number of carbonyl (C=O) groups excluding carboxylic acids is 1. The predicted octanol–water partition coefficient (Wildman–Crippen LogP) is 4.80. The van der Waals surface area contributed by atoms with E-state index in [4.69, 9.17) is 11.6 Å². The predicted molar refractivity (Wildman–Crippen MR) is 112 cm³/mol. The number of nitrogens with one attached hydrogen (secondary N) is 1. The second-order valence-corrected chi connectivity index (χ2v) is 9.77. The summed E-state index contributed by atoms with van der Waals surface area (Å²) in [5.41, 5.74) is 1.49. The number of phenols is 2. The van der Waals surface area contributed by atoms with E-state index < -0.39 is 0 Å². The third-order valence-electron chi connectivity index (χ3n) is 8.50.